The predicted molar refractivity (Wildman–Crippen MR) is 91.0 cm³/mol. The molecule has 1 amide bonds. The monoisotopic (exact) mass is 347 g/mol. The largest absolute Gasteiger partial charge is 0.461 e. The van der Waals surface area contributed by atoms with Crippen molar-refractivity contribution >= 4 is 41.7 Å². The van der Waals surface area contributed by atoms with Crippen molar-refractivity contribution in [2.45, 2.75) is 19.4 Å². The molecule has 2 rings (SSSR count). The Morgan fingerprint density at radius 3 is 2.95 bits per heavy atom. The highest BCUT2D eigenvalue weighted by atomic mass is 35.5. The van der Waals surface area contributed by atoms with Crippen molar-refractivity contribution in [2.75, 3.05) is 30.0 Å². The molecular weight excluding hydrogens is 326 g/mol. The highest BCUT2D eigenvalue weighted by Crippen LogP contribution is 2.16. The minimum atomic E-state index is -0.383. The maximum Gasteiger partial charge on any atom is 0.355 e. The average molecular weight is 348 g/mol. The fraction of sp³-hybridized carbons (Fsp3) is 0.571. The number of nitrogens with zero attached hydrogens (tertiary/aromatic N) is 1. The third-order valence-corrected chi connectivity index (χ3v) is 4.33. The maximum atomic E-state index is 12.0. The normalized spacial score (nSPS) is 17.5. The van der Waals surface area contributed by atoms with Crippen molar-refractivity contribution in [2.24, 2.45) is 7.05 Å². The third kappa shape index (κ3) is 5.23. The summed E-state index contributed by atoms with van der Waals surface area (Å²) in [5.74, 6) is 1.62. The van der Waals surface area contributed by atoms with E-state index in [-0.39, 0.29) is 30.3 Å². The molecule has 0 bridgehead atoms. The molecule has 2 N–H and O–H groups in total. The zero-order chi connectivity index (χ0) is 15.2. The number of aromatic nitrogens is 1. The fourth-order valence-electron chi connectivity index (χ4n) is 2.23. The van der Waals surface area contributed by atoms with Gasteiger partial charge in [-0.25, -0.2) is 4.79 Å². The number of carbonyl (C=O) groups excluding carboxylic acids is 2. The summed E-state index contributed by atoms with van der Waals surface area (Å²) < 4.78 is 6.62. The van der Waals surface area contributed by atoms with Crippen LogP contribution >= 0.6 is 24.2 Å². The van der Waals surface area contributed by atoms with Crippen LogP contribution in [0.4, 0.5) is 5.69 Å². The Labute approximate surface area is 140 Å². The lowest BCUT2D eigenvalue weighted by Crippen LogP contribution is -2.39. The van der Waals surface area contributed by atoms with Gasteiger partial charge < -0.3 is 19.9 Å². The van der Waals surface area contributed by atoms with Crippen LogP contribution in [0.2, 0.25) is 0 Å². The lowest BCUT2D eigenvalue weighted by molar-refractivity contribution is -0.116. The van der Waals surface area contributed by atoms with Crippen LogP contribution in [0.1, 0.15) is 23.8 Å². The molecule has 0 saturated carbocycles. The van der Waals surface area contributed by atoms with Gasteiger partial charge in [-0.2, -0.15) is 11.8 Å². The second-order valence-corrected chi connectivity index (χ2v) is 6.07. The topological polar surface area (TPSA) is 72.4 Å². The first-order valence-corrected chi connectivity index (χ1v) is 8.20. The van der Waals surface area contributed by atoms with E-state index in [2.05, 4.69) is 10.6 Å². The summed E-state index contributed by atoms with van der Waals surface area (Å²) in [4.78, 5) is 23.7. The Hall–Kier alpha value is -1.18. The van der Waals surface area contributed by atoms with E-state index in [9.17, 15) is 9.59 Å². The van der Waals surface area contributed by atoms with Gasteiger partial charge in [0.1, 0.15) is 5.69 Å². The lowest BCUT2D eigenvalue weighted by Gasteiger charge is -2.22. The van der Waals surface area contributed by atoms with Crippen LogP contribution in [0.5, 0.6) is 0 Å². The maximum absolute atomic E-state index is 12.0. The number of aryl methyl sites for hydroxylation is 1. The molecule has 0 aliphatic carbocycles. The van der Waals surface area contributed by atoms with Crippen LogP contribution in [0.15, 0.2) is 12.3 Å². The Balaban J connectivity index is 0.00000242. The van der Waals surface area contributed by atoms with Crippen LogP contribution in [0.25, 0.3) is 0 Å². The number of ether oxygens (including phenoxy) is 1. The molecule has 8 heteroatoms. The molecule has 1 aliphatic heterocycles. The van der Waals surface area contributed by atoms with Gasteiger partial charge in [0.15, 0.2) is 0 Å². The number of hydrogen-bond acceptors (Lipinski definition) is 5. The number of thioether (sulfide) groups is 1. The number of anilines is 1. The highest BCUT2D eigenvalue weighted by Gasteiger charge is 2.18. The molecule has 1 unspecified atom stereocenters. The van der Waals surface area contributed by atoms with Crippen molar-refractivity contribution < 1.29 is 14.3 Å². The minimum Gasteiger partial charge on any atom is -0.461 e. The summed E-state index contributed by atoms with van der Waals surface area (Å²) in [5, 5.41) is 6.16. The first kappa shape index (κ1) is 18.9. The van der Waals surface area contributed by atoms with Gasteiger partial charge in [-0.3, -0.25) is 4.79 Å². The predicted octanol–water partition coefficient (Wildman–Crippen LogP) is 1.66. The van der Waals surface area contributed by atoms with Crippen molar-refractivity contribution in [3.05, 3.63) is 18.0 Å². The molecule has 6 nitrogen and oxygen atoms in total. The van der Waals surface area contributed by atoms with Crippen LogP contribution in [-0.2, 0) is 16.6 Å². The first-order chi connectivity index (χ1) is 10.1. The molecule has 0 spiro atoms. The molecule has 22 heavy (non-hydrogen) atoms. The van der Waals surface area contributed by atoms with Gasteiger partial charge in [0.25, 0.3) is 0 Å². The molecule has 1 atom stereocenters. The van der Waals surface area contributed by atoms with Crippen LogP contribution < -0.4 is 10.6 Å². The molecule has 1 saturated heterocycles. The summed E-state index contributed by atoms with van der Waals surface area (Å²) in [6, 6.07) is 1.86. The van der Waals surface area contributed by atoms with E-state index in [4.69, 9.17) is 4.74 Å². The number of carbonyl (C=O) groups is 2. The number of nitrogens with one attached hydrogen (secondary N) is 2. The second-order valence-electron chi connectivity index (χ2n) is 4.92. The van der Waals surface area contributed by atoms with Crippen molar-refractivity contribution in [1.29, 1.82) is 0 Å². The average Bonchev–Trinajstić information content (AvgIpc) is 2.80. The van der Waals surface area contributed by atoms with Gasteiger partial charge in [0.05, 0.1) is 12.3 Å². The Kier molecular flexibility index (Phi) is 7.78. The smallest absolute Gasteiger partial charge is 0.355 e. The van der Waals surface area contributed by atoms with E-state index in [1.54, 1.807) is 30.8 Å². The highest BCUT2D eigenvalue weighted by molar-refractivity contribution is 7.99. The van der Waals surface area contributed by atoms with Gasteiger partial charge in [0.2, 0.25) is 5.91 Å². The molecule has 1 aromatic heterocycles. The molecule has 0 radical (unpaired) electrons. The Morgan fingerprint density at radius 1 is 1.55 bits per heavy atom. The SMILES string of the molecule is CCOC(=O)c1cc(NC(=O)CC2CSCCN2)cn1C.Cl. The standard InChI is InChI=1S/C14H21N3O3S.ClH/c1-3-20-14(19)12-6-10(8-17(12)2)16-13(18)7-11-9-21-5-4-15-11;/h6,8,11,15H,3-5,7,9H2,1-2H3,(H,16,18);1H. The molecular formula is C14H22ClN3O3S. The van der Waals surface area contributed by atoms with Crippen molar-refractivity contribution in [3.8, 4) is 0 Å². The lowest BCUT2D eigenvalue weighted by atomic mass is 10.2. The zero-order valence-electron chi connectivity index (χ0n) is 12.8. The van der Waals surface area contributed by atoms with E-state index in [1.165, 1.54) is 0 Å². The van der Waals surface area contributed by atoms with E-state index in [1.807, 2.05) is 11.8 Å². The molecule has 1 aliphatic rings. The zero-order valence-corrected chi connectivity index (χ0v) is 14.4. The number of halogens is 1. The summed E-state index contributed by atoms with van der Waals surface area (Å²) >= 11 is 1.86. The third-order valence-electron chi connectivity index (χ3n) is 3.20. The van der Waals surface area contributed by atoms with E-state index in [0.29, 0.717) is 24.4 Å². The van der Waals surface area contributed by atoms with Crippen LogP contribution in [0, 0.1) is 0 Å². The second kappa shape index (κ2) is 9.07. The summed E-state index contributed by atoms with van der Waals surface area (Å²) in [6.07, 6.45) is 2.16. The molecule has 2 heterocycles. The Bertz CT molecular complexity index is 515. The summed E-state index contributed by atoms with van der Waals surface area (Å²) in [5.41, 5.74) is 1.05. The first-order valence-electron chi connectivity index (χ1n) is 7.04. The number of amides is 1. The van der Waals surface area contributed by atoms with Gasteiger partial charge in [-0.05, 0) is 13.0 Å². The van der Waals surface area contributed by atoms with Crippen molar-refractivity contribution in [1.82, 2.24) is 9.88 Å². The molecule has 124 valence electrons. The van der Waals surface area contributed by atoms with Crippen molar-refractivity contribution in [3.63, 3.8) is 0 Å². The van der Waals surface area contributed by atoms with Gasteiger partial charge in [0, 0.05) is 43.8 Å². The number of esters is 1. The van der Waals surface area contributed by atoms with Crippen LogP contribution in [0.3, 0.4) is 0 Å². The van der Waals surface area contributed by atoms with E-state index in [0.717, 1.165) is 18.1 Å². The molecule has 1 aromatic rings. The molecule has 0 aromatic carbocycles. The van der Waals surface area contributed by atoms with Gasteiger partial charge in [-0.1, -0.05) is 0 Å². The quantitative estimate of drug-likeness (QED) is 0.792. The minimum absolute atomic E-state index is 0. The number of hydrogen-bond donors (Lipinski definition) is 2. The summed E-state index contributed by atoms with van der Waals surface area (Å²) in [6.45, 7) is 3.04. The van der Waals surface area contributed by atoms with E-state index >= 15 is 0 Å². The van der Waals surface area contributed by atoms with Crippen LogP contribution in [-0.4, -0.2) is 47.1 Å². The molecule has 1 fully saturated rings. The Morgan fingerprint density at radius 2 is 2.32 bits per heavy atom. The number of rotatable bonds is 5. The van der Waals surface area contributed by atoms with Gasteiger partial charge in [-0.15, -0.1) is 12.4 Å². The van der Waals surface area contributed by atoms with E-state index < -0.39 is 0 Å². The fourth-order valence-corrected chi connectivity index (χ4v) is 3.18. The summed E-state index contributed by atoms with van der Waals surface area (Å²) in [7, 11) is 1.75. The van der Waals surface area contributed by atoms with Gasteiger partial charge >= 0.3 is 5.97 Å².